The van der Waals surface area contributed by atoms with E-state index in [1.54, 1.807) is 4.90 Å². The fraction of sp³-hybridized carbons (Fsp3) is 0.462. The molecule has 0 aliphatic rings. The monoisotopic (exact) mass is 220 g/mol. The predicted molar refractivity (Wildman–Crippen MR) is 67.6 cm³/mol. The van der Waals surface area contributed by atoms with E-state index in [4.69, 9.17) is 0 Å². The van der Waals surface area contributed by atoms with E-state index in [1.807, 2.05) is 37.4 Å². The molecule has 0 aromatic heterocycles. The van der Waals surface area contributed by atoms with Gasteiger partial charge in [0.05, 0.1) is 0 Å². The molecule has 16 heavy (non-hydrogen) atoms. The van der Waals surface area contributed by atoms with Gasteiger partial charge in [0.2, 0.25) is 5.91 Å². The summed E-state index contributed by atoms with van der Waals surface area (Å²) in [4.78, 5) is 13.5. The zero-order valence-corrected chi connectivity index (χ0v) is 10.1. The number of carbonyl (C=O) groups is 1. The maximum absolute atomic E-state index is 11.8. The van der Waals surface area contributed by atoms with E-state index in [2.05, 4.69) is 12.2 Å². The number of rotatable bonds is 6. The third-order valence-electron chi connectivity index (χ3n) is 2.46. The number of nitrogens with one attached hydrogen (secondary N) is 1. The molecule has 0 bridgehead atoms. The van der Waals surface area contributed by atoms with E-state index in [-0.39, 0.29) is 5.91 Å². The molecule has 0 saturated heterocycles. The molecule has 0 fully saturated rings. The summed E-state index contributed by atoms with van der Waals surface area (Å²) in [6.07, 6.45) is 1.65. The minimum absolute atomic E-state index is 0.148. The minimum atomic E-state index is 0.148. The highest BCUT2D eigenvalue weighted by molar-refractivity contribution is 5.92. The fourth-order valence-electron chi connectivity index (χ4n) is 1.46. The van der Waals surface area contributed by atoms with Crippen molar-refractivity contribution in [2.45, 2.75) is 19.8 Å². The van der Waals surface area contributed by atoms with Gasteiger partial charge in [0.1, 0.15) is 0 Å². The number of anilines is 1. The smallest absolute Gasteiger partial charge is 0.227 e. The van der Waals surface area contributed by atoms with Gasteiger partial charge in [0.15, 0.2) is 0 Å². The minimum Gasteiger partial charge on any atom is -0.316 e. The molecule has 0 aliphatic carbocycles. The van der Waals surface area contributed by atoms with Gasteiger partial charge >= 0.3 is 0 Å². The van der Waals surface area contributed by atoms with Crippen molar-refractivity contribution in [3.8, 4) is 0 Å². The van der Waals surface area contributed by atoms with Crippen LogP contribution in [0.4, 0.5) is 5.69 Å². The van der Waals surface area contributed by atoms with Crippen molar-refractivity contribution in [3.05, 3.63) is 30.3 Å². The van der Waals surface area contributed by atoms with Crippen LogP contribution in [0.15, 0.2) is 30.3 Å². The SMILES string of the molecule is CCCNCCC(=O)N(C)c1ccccc1. The Kier molecular flexibility index (Phi) is 5.57. The molecule has 0 unspecified atom stereocenters. The van der Waals surface area contributed by atoms with Gasteiger partial charge in [0, 0.05) is 25.7 Å². The zero-order valence-electron chi connectivity index (χ0n) is 10.1. The average molecular weight is 220 g/mol. The molecule has 1 N–H and O–H groups in total. The van der Waals surface area contributed by atoms with E-state index in [0.29, 0.717) is 6.42 Å². The standard InChI is InChI=1S/C13H20N2O/c1-3-10-14-11-9-13(16)15(2)12-7-5-4-6-8-12/h4-8,14H,3,9-11H2,1-2H3. The number of hydrogen-bond acceptors (Lipinski definition) is 2. The molecule has 3 nitrogen and oxygen atoms in total. The second-order valence-electron chi connectivity index (χ2n) is 3.79. The molecule has 0 aliphatic heterocycles. The Bertz CT molecular complexity index is 311. The Labute approximate surface area is 97.5 Å². The Morgan fingerprint density at radius 2 is 1.94 bits per heavy atom. The van der Waals surface area contributed by atoms with Crippen LogP contribution in [0.3, 0.4) is 0 Å². The molecule has 0 heterocycles. The highest BCUT2D eigenvalue weighted by Crippen LogP contribution is 2.11. The molecule has 0 atom stereocenters. The third kappa shape index (κ3) is 4.03. The van der Waals surface area contributed by atoms with E-state index >= 15 is 0 Å². The maximum atomic E-state index is 11.8. The van der Waals surface area contributed by atoms with Crippen molar-refractivity contribution in [2.24, 2.45) is 0 Å². The third-order valence-corrected chi connectivity index (χ3v) is 2.46. The van der Waals surface area contributed by atoms with Crippen molar-refractivity contribution in [3.63, 3.8) is 0 Å². The number of hydrogen-bond donors (Lipinski definition) is 1. The fourth-order valence-corrected chi connectivity index (χ4v) is 1.46. The largest absolute Gasteiger partial charge is 0.316 e. The molecule has 1 aromatic rings. The Hall–Kier alpha value is -1.35. The van der Waals surface area contributed by atoms with Gasteiger partial charge in [-0.05, 0) is 25.1 Å². The second kappa shape index (κ2) is 7.01. The summed E-state index contributed by atoms with van der Waals surface area (Å²) in [6.45, 7) is 3.84. The Morgan fingerprint density at radius 1 is 1.25 bits per heavy atom. The molecule has 1 amide bonds. The van der Waals surface area contributed by atoms with Gasteiger partial charge < -0.3 is 10.2 Å². The van der Waals surface area contributed by atoms with Crippen LogP contribution < -0.4 is 10.2 Å². The van der Waals surface area contributed by atoms with Crippen molar-refractivity contribution < 1.29 is 4.79 Å². The van der Waals surface area contributed by atoms with Gasteiger partial charge in [0.25, 0.3) is 0 Å². The normalized spacial score (nSPS) is 10.1. The summed E-state index contributed by atoms with van der Waals surface area (Å²) in [5.41, 5.74) is 0.947. The number of amides is 1. The zero-order chi connectivity index (χ0) is 11.8. The summed E-state index contributed by atoms with van der Waals surface area (Å²) in [7, 11) is 1.82. The lowest BCUT2D eigenvalue weighted by atomic mass is 10.2. The summed E-state index contributed by atoms with van der Waals surface area (Å²) < 4.78 is 0. The molecule has 0 spiro atoms. The first-order valence-corrected chi connectivity index (χ1v) is 5.78. The highest BCUT2D eigenvalue weighted by atomic mass is 16.2. The maximum Gasteiger partial charge on any atom is 0.227 e. The number of para-hydroxylation sites is 1. The molecule has 0 radical (unpaired) electrons. The van der Waals surface area contributed by atoms with Gasteiger partial charge in [-0.1, -0.05) is 25.1 Å². The van der Waals surface area contributed by atoms with Crippen LogP contribution in [-0.4, -0.2) is 26.0 Å². The topological polar surface area (TPSA) is 32.3 Å². The van der Waals surface area contributed by atoms with Gasteiger partial charge in [-0.3, -0.25) is 4.79 Å². The first kappa shape index (κ1) is 12.7. The molecule has 1 rings (SSSR count). The van der Waals surface area contributed by atoms with Crippen molar-refractivity contribution in [2.75, 3.05) is 25.0 Å². The second-order valence-corrected chi connectivity index (χ2v) is 3.79. The molecule has 0 saturated carbocycles. The average Bonchev–Trinajstić information content (AvgIpc) is 2.34. The van der Waals surface area contributed by atoms with E-state index < -0.39 is 0 Å². The van der Waals surface area contributed by atoms with Crippen LogP contribution in [0.5, 0.6) is 0 Å². The Morgan fingerprint density at radius 3 is 2.56 bits per heavy atom. The summed E-state index contributed by atoms with van der Waals surface area (Å²) in [6, 6.07) is 9.71. The van der Waals surface area contributed by atoms with E-state index in [9.17, 15) is 4.79 Å². The summed E-state index contributed by atoms with van der Waals surface area (Å²) >= 11 is 0. The van der Waals surface area contributed by atoms with Crippen LogP contribution >= 0.6 is 0 Å². The van der Waals surface area contributed by atoms with Gasteiger partial charge in [-0.25, -0.2) is 0 Å². The lowest BCUT2D eigenvalue weighted by Crippen LogP contribution is -2.29. The Balaban J connectivity index is 2.37. The molecular formula is C13H20N2O. The number of benzene rings is 1. The highest BCUT2D eigenvalue weighted by Gasteiger charge is 2.09. The van der Waals surface area contributed by atoms with Gasteiger partial charge in [-0.15, -0.1) is 0 Å². The molecular weight excluding hydrogens is 200 g/mol. The van der Waals surface area contributed by atoms with Crippen molar-refractivity contribution in [1.82, 2.24) is 5.32 Å². The quantitative estimate of drug-likeness (QED) is 0.744. The molecule has 88 valence electrons. The van der Waals surface area contributed by atoms with Crippen LogP contribution in [-0.2, 0) is 4.79 Å². The molecule has 1 aromatic carbocycles. The summed E-state index contributed by atoms with van der Waals surface area (Å²) in [5, 5.41) is 3.22. The van der Waals surface area contributed by atoms with Crippen LogP contribution in [0.1, 0.15) is 19.8 Å². The number of nitrogens with zero attached hydrogens (tertiary/aromatic N) is 1. The van der Waals surface area contributed by atoms with E-state index in [1.165, 1.54) is 0 Å². The number of carbonyl (C=O) groups excluding carboxylic acids is 1. The predicted octanol–water partition coefficient (Wildman–Crippen LogP) is 2.04. The first-order valence-electron chi connectivity index (χ1n) is 5.78. The van der Waals surface area contributed by atoms with Crippen molar-refractivity contribution in [1.29, 1.82) is 0 Å². The lowest BCUT2D eigenvalue weighted by Gasteiger charge is -2.17. The van der Waals surface area contributed by atoms with Crippen LogP contribution in [0, 0.1) is 0 Å². The molecule has 3 heteroatoms. The van der Waals surface area contributed by atoms with Crippen LogP contribution in [0.2, 0.25) is 0 Å². The lowest BCUT2D eigenvalue weighted by molar-refractivity contribution is -0.118. The summed E-state index contributed by atoms with van der Waals surface area (Å²) in [5.74, 6) is 0.148. The first-order chi connectivity index (χ1) is 7.75. The van der Waals surface area contributed by atoms with Gasteiger partial charge in [-0.2, -0.15) is 0 Å². The van der Waals surface area contributed by atoms with Crippen molar-refractivity contribution >= 4 is 11.6 Å². The van der Waals surface area contributed by atoms with E-state index in [0.717, 1.165) is 25.2 Å². The van der Waals surface area contributed by atoms with Crippen LogP contribution in [0.25, 0.3) is 0 Å².